The summed E-state index contributed by atoms with van der Waals surface area (Å²) in [6.45, 7) is 14.3. The van der Waals surface area contributed by atoms with Gasteiger partial charge in [-0.1, -0.05) is 80.1 Å². The van der Waals surface area contributed by atoms with E-state index in [2.05, 4.69) is 23.6 Å². The van der Waals surface area contributed by atoms with Gasteiger partial charge in [0.25, 0.3) is 0 Å². The first-order chi connectivity index (χ1) is 17.1. The molecule has 4 atom stereocenters. The molecule has 0 radical (unpaired) electrons. The number of nitrogens with zero attached hydrogens (tertiary/aromatic N) is 1. The van der Waals surface area contributed by atoms with Crippen molar-refractivity contribution in [3.8, 4) is 0 Å². The predicted octanol–water partition coefficient (Wildman–Crippen LogP) is 9.29. The third-order valence-electron chi connectivity index (χ3n) is 6.73. The number of hydrogen-bond acceptors (Lipinski definition) is 1. The molecule has 1 heterocycles. The Bertz CT molecular complexity index is 974. The van der Waals surface area contributed by atoms with Crippen molar-refractivity contribution in [3.63, 3.8) is 0 Å². The van der Waals surface area contributed by atoms with Gasteiger partial charge in [0.15, 0.2) is 0 Å². The van der Waals surface area contributed by atoms with Crippen LogP contribution >= 0.6 is 11.6 Å². The highest BCUT2D eigenvalue weighted by atomic mass is 35.5. The van der Waals surface area contributed by atoms with Crippen LogP contribution in [0, 0.1) is 11.8 Å². The Kier molecular flexibility index (Phi) is 11.8. The molecule has 0 amide bonds. The minimum absolute atomic E-state index is 0.0453. The quantitative estimate of drug-likeness (QED) is 0.289. The molecule has 1 nitrogen and oxygen atoms in total. The van der Waals surface area contributed by atoms with Crippen LogP contribution in [0.4, 0.5) is 13.2 Å². The van der Waals surface area contributed by atoms with E-state index in [0.717, 1.165) is 36.6 Å². The van der Waals surface area contributed by atoms with Gasteiger partial charge in [-0.25, -0.2) is 13.2 Å². The zero-order chi connectivity index (χ0) is 26.9. The monoisotopic (exact) mass is 519 g/mol. The van der Waals surface area contributed by atoms with Crippen LogP contribution in [0.1, 0.15) is 53.9 Å². The molecule has 36 heavy (non-hydrogen) atoms. The average Bonchev–Trinajstić information content (AvgIpc) is 3.15. The lowest BCUT2D eigenvalue weighted by Gasteiger charge is -2.36. The molecule has 4 unspecified atom stereocenters. The Labute approximate surface area is 221 Å². The third kappa shape index (κ3) is 7.98. The van der Waals surface area contributed by atoms with Gasteiger partial charge in [-0.2, -0.15) is 0 Å². The first-order valence-corrected chi connectivity index (χ1v) is 13.4. The van der Waals surface area contributed by atoms with Gasteiger partial charge >= 0.3 is 0 Å². The van der Waals surface area contributed by atoms with Gasteiger partial charge in [-0.3, -0.25) is 4.90 Å². The van der Waals surface area contributed by atoms with Crippen LogP contribution in [-0.2, 0) is 0 Å². The Morgan fingerprint density at radius 1 is 1.25 bits per heavy atom. The molecule has 3 rings (SSSR count). The van der Waals surface area contributed by atoms with E-state index in [0.29, 0.717) is 17.2 Å². The standard InChI is InChI=1S/C29H35ClF3N.C2H6/c1-5-8-20(9-6-2)28(21-10-7-11-24(30)13-12-21)34-15-14-22(19-34)27(29(3,4)33)23-16-25(31)18-26(32)17-23;1-2/h5-6,8-13,16,18,22,26-28H,1,7,14-15,17,19H2,2-4H3;1-2H3/b9-6-,20-8+;. The smallest absolute Gasteiger partial charge is 0.125 e. The third-order valence-corrected chi connectivity index (χ3v) is 7.01. The number of rotatable bonds is 8. The molecule has 0 aromatic rings. The normalized spacial score (nSPS) is 25.2. The molecule has 0 aromatic heterocycles. The second kappa shape index (κ2) is 14.0. The van der Waals surface area contributed by atoms with Crippen LogP contribution < -0.4 is 0 Å². The van der Waals surface area contributed by atoms with Crippen molar-refractivity contribution in [1.82, 2.24) is 4.90 Å². The summed E-state index contributed by atoms with van der Waals surface area (Å²) in [5.41, 5.74) is 1.13. The summed E-state index contributed by atoms with van der Waals surface area (Å²) < 4.78 is 43.8. The molecular weight excluding hydrogens is 479 g/mol. The zero-order valence-corrected chi connectivity index (χ0v) is 23.0. The molecule has 5 heteroatoms. The zero-order valence-electron chi connectivity index (χ0n) is 22.3. The molecule has 1 fully saturated rings. The summed E-state index contributed by atoms with van der Waals surface area (Å²) in [5, 5.41) is 0.698. The van der Waals surface area contributed by atoms with Gasteiger partial charge in [0.1, 0.15) is 17.7 Å². The van der Waals surface area contributed by atoms with Crippen LogP contribution in [0.25, 0.3) is 0 Å². The molecule has 0 spiro atoms. The van der Waals surface area contributed by atoms with Crippen molar-refractivity contribution in [2.24, 2.45) is 11.8 Å². The van der Waals surface area contributed by atoms with Crippen molar-refractivity contribution >= 4 is 11.6 Å². The summed E-state index contributed by atoms with van der Waals surface area (Å²) >= 11 is 6.25. The SMILES string of the molecule is C=C/C=C(\C=C/C)C(C1=CCC=C(Cl)C=C1)N1CCC(C(C2=CC(F)=CC(F)C2)C(C)(C)F)C1.CC. The summed E-state index contributed by atoms with van der Waals surface area (Å²) in [4.78, 5) is 2.34. The maximum atomic E-state index is 15.5. The summed E-state index contributed by atoms with van der Waals surface area (Å²) in [6, 6.07) is -0.0549. The van der Waals surface area contributed by atoms with Crippen LogP contribution in [0.2, 0.25) is 0 Å². The fraction of sp³-hybridized carbons (Fsp3) is 0.484. The van der Waals surface area contributed by atoms with E-state index in [1.807, 2.05) is 51.2 Å². The Morgan fingerprint density at radius 3 is 2.58 bits per heavy atom. The molecule has 3 aliphatic rings. The molecule has 1 saturated heterocycles. The van der Waals surface area contributed by atoms with E-state index >= 15 is 4.39 Å². The highest BCUT2D eigenvalue weighted by Crippen LogP contribution is 2.44. The van der Waals surface area contributed by atoms with Gasteiger partial charge in [0, 0.05) is 23.9 Å². The van der Waals surface area contributed by atoms with Crippen molar-refractivity contribution in [3.05, 3.63) is 94.9 Å². The van der Waals surface area contributed by atoms with Crippen LogP contribution in [0.3, 0.4) is 0 Å². The number of hydrogen-bond donors (Lipinski definition) is 0. The lowest BCUT2D eigenvalue weighted by atomic mass is 9.73. The molecule has 0 saturated carbocycles. The van der Waals surface area contributed by atoms with Crippen molar-refractivity contribution in [2.75, 3.05) is 13.1 Å². The highest BCUT2D eigenvalue weighted by Gasteiger charge is 2.44. The van der Waals surface area contributed by atoms with E-state index < -0.39 is 23.6 Å². The van der Waals surface area contributed by atoms with Crippen LogP contribution in [0.5, 0.6) is 0 Å². The summed E-state index contributed by atoms with van der Waals surface area (Å²) in [5.74, 6) is -1.23. The molecule has 0 aromatic carbocycles. The largest absolute Gasteiger partial charge is 0.292 e. The predicted molar refractivity (Wildman–Crippen MR) is 149 cm³/mol. The van der Waals surface area contributed by atoms with E-state index in [4.69, 9.17) is 11.6 Å². The maximum absolute atomic E-state index is 15.5. The first kappa shape index (κ1) is 30.2. The van der Waals surface area contributed by atoms with Crippen molar-refractivity contribution < 1.29 is 13.2 Å². The Balaban J connectivity index is 0.00000222. The number of alkyl halides is 2. The molecular formula is C31H41ClF3N. The molecule has 1 aliphatic heterocycles. The first-order valence-electron chi connectivity index (χ1n) is 13.0. The summed E-state index contributed by atoms with van der Waals surface area (Å²) in [7, 11) is 0. The number of halogens is 4. The average molecular weight is 520 g/mol. The van der Waals surface area contributed by atoms with Gasteiger partial charge in [0.05, 0.1) is 6.04 Å². The molecule has 2 aliphatic carbocycles. The fourth-order valence-corrected chi connectivity index (χ4v) is 5.74. The lowest BCUT2D eigenvalue weighted by Crippen LogP contribution is -2.40. The maximum Gasteiger partial charge on any atom is 0.125 e. The van der Waals surface area contributed by atoms with Crippen molar-refractivity contribution in [2.45, 2.75) is 71.8 Å². The van der Waals surface area contributed by atoms with Gasteiger partial charge in [0.2, 0.25) is 0 Å². The molecule has 0 N–H and O–H groups in total. The Morgan fingerprint density at radius 2 is 1.97 bits per heavy atom. The minimum atomic E-state index is -1.60. The van der Waals surface area contributed by atoms with E-state index in [-0.39, 0.29) is 18.4 Å². The van der Waals surface area contributed by atoms with Crippen LogP contribution in [-0.4, -0.2) is 35.9 Å². The van der Waals surface area contributed by atoms with E-state index in [9.17, 15) is 8.78 Å². The lowest BCUT2D eigenvalue weighted by molar-refractivity contribution is 0.0986. The topological polar surface area (TPSA) is 3.24 Å². The second-order valence-electron chi connectivity index (χ2n) is 9.74. The van der Waals surface area contributed by atoms with Gasteiger partial charge < -0.3 is 0 Å². The van der Waals surface area contributed by atoms with E-state index in [1.165, 1.54) is 19.9 Å². The van der Waals surface area contributed by atoms with Gasteiger partial charge in [-0.05, 0) is 75.4 Å². The molecule has 0 bridgehead atoms. The minimum Gasteiger partial charge on any atom is -0.292 e. The Hall–Kier alpha value is -2.04. The fourth-order valence-electron chi connectivity index (χ4n) is 5.59. The number of allylic oxidation sites excluding steroid dienone is 11. The van der Waals surface area contributed by atoms with Crippen LogP contribution in [0.15, 0.2) is 94.9 Å². The summed E-state index contributed by atoms with van der Waals surface area (Å²) in [6.07, 6.45) is 18.3. The molecule has 198 valence electrons. The number of likely N-dealkylation sites (tertiary alicyclic amines) is 1. The van der Waals surface area contributed by atoms with E-state index in [1.54, 1.807) is 6.08 Å². The van der Waals surface area contributed by atoms with Gasteiger partial charge in [-0.15, -0.1) is 0 Å². The van der Waals surface area contributed by atoms with Crippen molar-refractivity contribution in [1.29, 1.82) is 0 Å². The highest BCUT2D eigenvalue weighted by molar-refractivity contribution is 6.31. The second-order valence-corrected chi connectivity index (χ2v) is 10.2.